The van der Waals surface area contributed by atoms with Crippen LogP contribution in [-0.2, 0) is 24.2 Å². The summed E-state index contributed by atoms with van der Waals surface area (Å²) in [7, 11) is 0. The number of ether oxygens (including phenoxy) is 1. The molecule has 1 aliphatic carbocycles. The van der Waals surface area contributed by atoms with Gasteiger partial charge in [-0.1, -0.05) is 6.07 Å². The summed E-state index contributed by atoms with van der Waals surface area (Å²) in [6.45, 7) is 6.92. The van der Waals surface area contributed by atoms with E-state index in [1.54, 1.807) is 12.3 Å². The molecule has 4 rings (SSSR count). The van der Waals surface area contributed by atoms with E-state index < -0.39 is 0 Å². The van der Waals surface area contributed by atoms with E-state index in [1.807, 2.05) is 39.0 Å². The zero-order valence-corrected chi connectivity index (χ0v) is 17.9. The molecule has 5 nitrogen and oxygen atoms in total. The van der Waals surface area contributed by atoms with Gasteiger partial charge in [0.25, 0.3) is 0 Å². The zero-order chi connectivity index (χ0) is 21.1. The highest BCUT2D eigenvalue weighted by molar-refractivity contribution is 5.98. The number of amides is 1. The second kappa shape index (κ2) is 8.74. The maximum absolute atomic E-state index is 12.5. The second-order valence-corrected chi connectivity index (χ2v) is 7.77. The van der Waals surface area contributed by atoms with Crippen molar-refractivity contribution in [2.24, 2.45) is 0 Å². The summed E-state index contributed by atoms with van der Waals surface area (Å²) in [4.78, 5) is 16.8. The number of nitrogens with one attached hydrogen (secondary N) is 1. The van der Waals surface area contributed by atoms with Crippen LogP contribution in [0.5, 0.6) is 5.75 Å². The minimum atomic E-state index is -0.146. The van der Waals surface area contributed by atoms with Gasteiger partial charge in [0, 0.05) is 40.8 Å². The molecular formula is C25H28N2O3. The lowest BCUT2D eigenvalue weighted by atomic mass is 9.93. The molecule has 0 fully saturated rings. The molecule has 0 saturated carbocycles. The van der Waals surface area contributed by atoms with Crippen LogP contribution >= 0.6 is 0 Å². The number of benzene rings is 1. The smallest absolute Gasteiger partial charge is 0.244 e. The van der Waals surface area contributed by atoms with Gasteiger partial charge in [0.15, 0.2) is 0 Å². The quantitative estimate of drug-likeness (QED) is 0.578. The Labute approximate surface area is 177 Å². The highest BCUT2D eigenvalue weighted by atomic mass is 16.5. The van der Waals surface area contributed by atoms with Crippen LogP contribution in [0.25, 0.3) is 16.5 Å². The van der Waals surface area contributed by atoms with Crippen LogP contribution in [0.2, 0.25) is 0 Å². The molecule has 2 aromatic heterocycles. The van der Waals surface area contributed by atoms with E-state index in [1.165, 1.54) is 18.4 Å². The van der Waals surface area contributed by atoms with E-state index in [0.29, 0.717) is 13.2 Å². The van der Waals surface area contributed by atoms with Crippen molar-refractivity contribution in [1.82, 2.24) is 10.3 Å². The molecule has 0 unspecified atom stereocenters. The standard InChI is InChI=1S/C25H28N2O3/c1-4-29-24-17(3)25-21(19-10-5-6-11-22(19)30-25)14-20(24)16(2)13-23(28)27-15-18-9-7-8-12-26-18/h7-9,12-14H,4-6,10-11,15H2,1-3H3,(H,27,28)/b16-13+. The number of pyridine rings is 1. The number of carbonyl (C=O) groups is 1. The average molecular weight is 405 g/mol. The van der Waals surface area contributed by atoms with E-state index in [0.717, 1.165) is 57.7 Å². The van der Waals surface area contributed by atoms with E-state index in [2.05, 4.69) is 16.4 Å². The molecule has 1 amide bonds. The van der Waals surface area contributed by atoms with Crippen LogP contribution < -0.4 is 10.1 Å². The SMILES string of the molecule is CCOc1c(/C(C)=C/C(=O)NCc2ccccn2)cc2c3c(oc2c1C)CCCC3. The van der Waals surface area contributed by atoms with Gasteiger partial charge in [0.05, 0.1) is 18.8 Å². The first-order valence-corrected chi connectivity index (χ1v) is 10.7. The fourth-order valence-corrected chi connectivity index (χ4v) is 4.17. The Bertz CT molecular complexity index is 1100. The number of rotatable bonds is 6. The Morgan fingerprint density at radius 3 is 2.90 bits per heavy atom. The number of aryl methyl sites for hydroxylation is 3. The van der Waals surface area contributed by atoms with E-state index >= 15 is 0 Å². The Hall–Kier alpha value is -3.08. The normalized spacial score (nSPS) is 13.9. The molecule has 1 aliphatic rings. The lowest BCUT2D eigenvalue weighted by molar-refractivity contribution is -0.116. The van der Waals surface area contributed by atoms with Gasteiger partial charge in [-0.05, 0) is 63.8 Å². The number of hydrogen-bond donors (Lipinski definition) is 1. The van der Waals surface area contributed by atoms with Crippen molar-refractivity contribution in [3.05, 3.63) is 64.7 Å². The molecule has 0 atom stereocenters. The first kappa shape index (κ1) is 20.2. The van der Waals surface area contributed by atoms with Crippen LogP contribution in [0.1, 0.15) is 54.8 Å². The number of hydrogen-bond acceptors (Lipinski definition) is 4. The van der Waals surface area contributed by atoms with E-state index in [-0.39, 0.29) is 5.91 Å². The monoisotopic (exact) mass is 404 g/mol. The summed E-state index contributed by atoms with van der Waals surface area (Å²) < 4.78 is 12.2. The topological polar surface area (TPSA) is 64.4 Å². The number of nitrogens with zero attached hydrogens (tertiary/aromatic N) is 1. The van der Waals surface area contributed by atoms with Crippen molar-refractivity contribution in [3.63, 3.8) is 0 Å². The van der Waals surface area contributed by atoms with Crippen LogP contribution in [0, 0.1) is 6.92 Å². The molecular weight excluding hydrogens is 376 g/mol. The van der Waals surface area contributed by atoms with Crippen LogP contribution in [-0.4, -0.2) is 17.5 Å². The molecule has 156 valence electrons. The van der Waals surface area contributed by atoms with Crippen molar-refractivity contribution in [2.45, 2.75) is 53.0 Å². The maximum atomic E-state index is 12.5. The van der Waals surface area contributed by atoms with Crippen LogP contribution in [0.4, 0.5) is 0 Å². The Morgan fingerprint density at radius 1 is 1.30 bits per heavy atom. The molecule has 0 radical (unpaired) electrons. The largest absolute Gasteiger partial charge is 0.493 e. The summed E-state index contributed by atoms with van der Waals surface area (Å²) in [6, 6.07) is 7.80. The van der Waals surface area contributed by atoms with Gasteiger partial charge < -0.3 is 14.5 Å². The van der Waals surface area contributed by atoms with Crippen LogP contribution in [0.3, 0.4) is 0 Å². The summed E-state index contributed by atoms with van der Waals surface area (Å²) >= 11 is 0. The van der Waals surface area contributed by atoms with Crippen molar-refractivity contribution < 1.29 is 13.9 Å². The summed E-state index contributed by atoms with van der Waals surface area (Å²) in [5, 5.41) is 4.07. The third kappa shape index (κ3) is 3.97. The summed E-state index contributed by atoms with van der Waals surface area (Å²) in [6.07, 6.45) is 7.76. The van der Waals surface area contributed by atoms with Crippen molar-refractivity contribution >= 4 is 22.4 Å². The molecule has 1 N–H and O–H groups in total. The van der Waals surface area contributed by atoms with Crippen LogP contribution in [0.15, 0.2) is 41.0 Å². The van der Waals surface area contributed by atoms with Gasteiger partial charge in [0.2, 0.25) is 5.91 Å². The Morgan fingerprint density at radius 2 is 2.13 bits per heavy atom. The Kier molecular flexibility index (Phi) is 5.88. The zero-order valence-electron chi connectivity index (χ0n) is 17.9. The van der Waals surface area contributed by atoms with Crippen molar-refractivity contribution in [1.29, 1.82) is 0 Å². The molecule has 0 bridgehead atoms. The predicted molar refractivity (Wildman–Crippen MR) is 118 cm³/mol. The fraction of sp³-hybridized carbons (Fsp3) is 0.360. The molecule has 0 spiro atoms. The molecule has 3 aromatic rings. The summed E-state index contributed by atoms with van der Waals surface area (Å²) in [5.74, 6) is 1.75. The van der Waals surface area contributed by atoms with Crippen molar-refractivity contribution in [3.8, 4) is 5.75 Å². The number of aromatic nitrogens is 1. The number of carbonyl (C=O) groups excluding carboxylic acids is 1. The molecule has 2 heterocycles. The highest BCUT2D eigenvalue weighted by Gasteiger charge is 2.23. The Balaban J connectivity index is 1.68. The molecule has 0 aliphatic heterocycles. The highest BCUT2D eigenvalue weighted by Crippen LogP contribution is 2.41. The number of fused-ring (bicyclic) bond motifs is 3. The van der Waals surface area contributed by atoms with Gasteiger partial charge in [0.1, 0.15) is 17.1 Å². The third-order valence-electron chi connectivity index (χ3n) is 5.66. The number of allylic oxidation sites excluding steroid dienone is 1. The first-order chi connectivity index (χ1) is 14.6. The van der Waals surface area contributed by atoms with Gasteiger partial charge in [-0.3, -0.25) is 9.78 Å². The third-order valence-corrected chi connectivity index (χ3v) is 5.66. The minimum absolute atomic E-state index is 0.146. The second-order valence-electron chi connectivity index (χ2n) is 7.77. The first-order valence-electron chi connectivity index (χ1n) is 10.7. The van der Waals surface area contributed by atoms with Gasteiger partial charge in [-0.2, -0.15) is 0 Å². The molecule has 1 aromatic carbocycles. The minimum Gasteiger partial charge on any atom is -0.493 e. The van der Waals surface area contributed by atoms with Crippen molar-refractivity contribution in [2.75, 3.05) is 6.61 Å². The molecule has 5 heteroatoms. The lowest BCUT2D eigenvalue weighted by Gasteiger charge is -2.15. The maximum Gasteiger partial charge on any atom is 0.244 e. The average Bonchev–Trinajstić information content (AvgIpc) is 3.14. The molecule has 0 saturated heterocycles. The van der Waals surface area contributed by atoms with Gasteiger partial charge in [-0.15, -0.1) is 0 Å². The van der Waals surface area contributed by atoms with E-state index in [4.69, 9.17) is 9.15 Å². The van der Waals surface area contributed by atoms with E-state index in [9.17, 15) is 4.79 Å². The summed E-state index contributed by atoms with van der Waals surface area (Å²) in [5.41, 5.74) is 5.88. The lowest BCUT2D eigenvalue weighted by Crippen LogP contribution is -2.21. The predicted octanol–water partition coefficient (Wildman–Crippen LogP) is 5.13. The van der Waals surface area contributed by atoms with Gasteiger partial charge in [-0.25, -0.2) is 0 Å². The number of furan rings is 1. The molecule has 30 heavy (non-hydrogen) atoms. The fourth-order valence-electron chi connectivity index (χ4n) is 4.17. The van der Waals surface area contributed by atoms with Gasteiger partial charge >= 0.3 is 0 Å².